The van der Waals surface area contributed by atoms with Crippen molar-refractivity contribution >= 4 is 23.8 Å². The fourth-order valence-corrected chi connectivity index (χ4v) is 2.68. The van der Waals surface area contributed by atoms with Gasteiger partial charge in [0.1, 0.15) is 12.0 Å². The van der Waals surface area contributed by atoms with Gasteiger partial charge in [-0.05, 0) is 19.3 Å². The van der Waals surface area contributed by atoms with Gasteiger partial charge in [-0.3, -0.25) is 4.79 Å². The van der Waals surface area contributed by atoms with Crippen molar-refractivity contribution in [2.24, 2.45) is 11.8 Å². The standard InChI is InChI=1S/C9H10F2O6S/c10-9(11,18-17-16-14)8(13)15-7-5-2-1-4(3-5)6(7)12/h4-5,7,14H,1-3H2. The molecule has 2 fully saturated rings. The first-order valence-corrected chi connectivity index (χ1v) is 5.98. The quantitative estimate of drug-likeness (QED) is 0.355. The molecule has 6 nitrogen and oxygen atoms in total. The van der Waals surface area contributed by atoms with Crippen molar-refractivity contribution in [2.75, 3.05) is 0 Å². The van der Waals surface area contributed by atoms with E-state index in [2.05, 4.69) is 14.1 Å². The SMILES string of the molecule is O=C1C2CCC(C2)C1OC(=O)C(F)(F)SOOO. The van der Waals surface area contributed by atoms with Crippen molar-refractivity contribution < 1.29 is 37.7 Å². The van der Waals surface area contributed by atoms with Crippen LogP contribution < -0.4 is 0 Å². The van der Waals surface area contributed by atoms with Gasteiger partial charge in [0, 0.05) is 11.8 Å². The molecule has 9 heteroatoms. The normalized spacial score (nSPS) is 30.8. The summed E-state index contributed by atoms with van der Waals surface area (Å²) in [6.45, 7) is 0. The van der Waals surface area contributed by atoms with Gasteiger partial charge >= 0.3 is 11.2 Å². The van der Waals surface area contributed by atoms with Crippen LogP contribution in [0.2, 0.25) is 0 Å². The molecule has 2 bridgehead atoms. The number of alkyl halides is 2. The molecule has 0 amide bonds. The molecule has 0 saturated heterocycles. The Hall–Kier alpha value is -0.770. The van der Waals surface area contributed by atoms with Gasteiger partial charge in [0.2, 0.25) is 0 Å². The predicted molar refractivity (Wildman–Crippen MR) is 53.1 cm³/mol. The van der Waals surface area contributed by atoms with Crippen LogP contribution >= 0.6 is 12.0 Å². The number of Topliss-reactive ketones (excluding diaryl/α,β-unsaturated/α-hetero) is 1. The van der Waals surface area contributed by atoms with Crippen molar-refractivity contribution in [1.29, 1.82) is 0 Å². The molecule has 0 aromatic heterocycles. The summed E-state index contributed by atoms with van der Waals surface area (Å²) in [6, 6.07) is 0. The lowest BCUT2D eigenvalue weighted by Crippen LogP contribution is -2.38. The number of rotatable bonds is 5. The second kappa shape index (κ2) is 5.08. The van der Waals surface area contributed by atoms with Crippen LogP contribution in [0.4, 0.5) is 8.78 Å². The number of hydrogen-bond donors (Lipinski definition) is 1. The first kappa shape index (κ1) is 13.7. The third kappa shape index (κ3) is 2.48. The van der Waals surface area contributed by atoms with E-state index in [0.717, 1.165) is 6.42 Å². The van der Waals surface area contributed by atoms with Gasteiger partial charge in [0.05, 0.1) is 0 Å². The highest BCUT2D eigenvalue weighted by molar-refractivity contribution is 7.96. The van der Waals surface area contributed by atoms with Crippen molar-refractivity contribution in [3.8, 4) is 0 Å². The van der Waals surface area contributed by atoms with Crippen LogP contribution in [0, 0.1) is 11.8 Å². The smallest absolute Gasteiger partial charge is 0.415 e. The highest BCUT2D eigenvalue weighted by atomic mass is 32.2. The van der Waals surface area contributed by atoms with Crippen LogP contribution in [-0.4, -0.2) is 28.4 Å². The molecule has 1 N–H and O–H groups in total. The second-order valence-corrected chi connectivity index (χ2v) is 5.06. The summed E-state index contributed by atoms with van der Waals surface area (Å²) in [5.41, 5.74) is 0. The molecular weight excluding hydrogens is 274 g/mol. The molecule has 0 heterocycles. The summed E-state index contributed by atoms with van der Waals surface area (Å²) in [5, 5.41) is 6.67. The number of esters is 1. The van der Waals surface area contributed by atoms with Gasteiger partial charge in [-0.1, -0.05) is 5.04 Å². The van der Waals surface area contributed by atoms with E-state index < -0.39 is 29.4 Å². The van der Waals surface area contributed by atoms with Crippen LogP contribution in [0.5, 0.6) is 0 Å². The van der Waals surface area contributed by atoms with Crippen molar-refractivity contribution in [3.05, 3.63) is 0 Å². The van der Waals surface area contributed by atoms with Gasteiger partial charge in [-0.25, -0.2) is 10.1 Å². The van der Waals surface area contributed by atoms with E-state index in [9.17, 15) is 18.4 Å². The Morgan fingerprint density at radius 2 is 2.17 bits per heavy atom. The molecule has 0 radical (unpaired) electrons. The van der Waals surface area contributed by atoms with E-state index in [-0.39, 0.29) is 17.6 Å². The highest BCUT2D eigenvalue weighted by Crippen LogP contribution is 2.44. The highest BCUT2D eigenvalue weighted by Gasteiger charge is 2.52. The van der Waals surface area contributed by atoms with Crippen LogP contribution in [0.3, 0.4) is 0 Å². The number of halogens is 2. The average Bonchev–Trinajstić information content (AvgIpc) is 2.90. The minimum atomic E-state index is -4.05. The summed E-state index contributed by atoms with van der Waals surface area (Å²) in [6.07, 6.45) is 0.928. The molecule has 2 rings (SSSR count). The molecule has 0 aromatic carbocycles. The summed E-state index contributed by atoms with van der Waals surface area (Å²) in [4.78, 5) is 22.8. The monoisotopic (exact) mass is 284 g/mol. The van der Waals surface area contributed by atoms with Gasteiger partial charge in [-0.15, -0.1) is 4.33 Å². The first-order chi connectivity index (χ1) is 8.45. The summed E-state index contributed by atoms with van der Waals surface area (Å²) < 4.78 is 34.2. The van der Waals surface area contributed by atoms with E-state index in [0.29, 0.717) is 12.8 Å². The molecule has 0 spiro atoms. The molecule has 2 saturated carbocycles. The van der Waals surface area contributed by atoms with Gasteiger partial charge in [0.25, 0.3) is 0 Å². The first-order valence-electron chi connectivity index (χ1n) is 5.24. The zero-order valence-corrected chi connectivity index (χ0v) is 9.82. The molecule has 3 unspecified atom stereocenters. The average molecular weight is 284 g/mol. The maximum atomic E-state index is 13.1. The van der Waals surface area contributed by atoms with E-state index in [1.165, 1.54) is 0 Å². The summed E-state index contributed by atoms with van der Waals surface area (Å²) >= 11 is -0.700. The van der Waals surface area contributed by atoms with Crippen molar-refractivity contribution in [2.45, 2.75) is 30.6 Å². The molecular formula is C9H10F2O6S. The van der Waals surface area contributed by atoms with Crippen LogP contribution in [0.15, 0.2) is 0 Å². The lowest BCUT2D eigenvalue weighted by molar-refractivity contribution is -0.433. The number of carbonyl (C=O) groups is 2. The Morgan fingerprint density at radius 3 is 2.72 bits per heavy atom. The van der Waals surface area contributed by atoms with Crippen molar-refractivity contribution in [3.63, 3.8) is 0 Å². The lowest BCUT2D eigenvalue weighted by atomic mass is 9.96. The second-order valence-electron chi connectivity index (χ2n) is 4.24. The van der Waals surface area contributed by atoms with E-state index in [4.69, 9.17) is 5.26 Å². The largest absolute Gasteiger partial charge is 0.449 e. The zero-order valence-electron chi connectivity index (χ0n) is 9.01. The molecule has 18 heavy (non-hydrogen) atoms. The molecule has 2 aliphatic carbocycles. The molecule has 3 atom stereocenters. The fourth-order valence-electron chi connectivity index (χ4n) is 2.44. The fraction of sp³-hybridized carbons (Fsp3) is 0.778. The number of fused-ring (bicyclic) bond motifs is 2. The Labute approximate surface area is 105 Å². The molecule has 2 aliphatic rings. The maximum absolute atomic E-state index is 13.1. The van der Waals surface area contributed by atoms with Gasteiger partial charge in [0.15, 0.2) is 11.9 Å². The number of carbonyl (C=O) groups excluding carboxylic acids is 2. The third-order valence-electron chi connectivity index (χ3n) is 3.22. The minimum Gasteiger partial charge on any atom is -0.449 e. The van der Waals surface area contributed by atoms with Crippen LogP contribution in [0.1, 0.15) is 19.3 Å². The van der Waals surface area contributed by atoms with E-state index >= 15 is 0 Å². The van der Waals surface area contributed by atoms with Crippen molar-refractivity contribution in [1.82, 2.24) is 0 Å². The Bertz CT molecular complexity index is 363. The number of hydrogen-bond acceptors (Lipinski definition) is 7. The minimum absolute atomic E-state index is 0.165. The molecule has 0 aliphatic heterocycles. The van der Waals surface area contributed by atoms with E-state index in [1.807, 2.05) is 0 Å². The molecule has 102 valence electrons. The topological polar surface area (TPSA) is 82.1 Å². The Morgan fingerprint density at radius 1 is 1.44 bits per heavy atom. The lowest BCUT2D eigenvalue weighted by Gasteiger charge is -2.22. The summed E-state index contributed by atoms with van der Waals surface area (Å²) in [7, 11) is 0. The summed E-state index contributed by atoms with van der Waals surface area (Å²) in [5.74, 6) is -2.51. The zero-order chi connectivity index (χ0) is 13.3. The number of ketones is 1. The van der Waals surface area contributed by atoms with Gasteiger partial charge in [-0.2, -0.15) is 8.78 Å². The predicted octanol–water partition coefficient (Wildman–Crippen LogP) is 1.56. The maximum Gasteiger partial charge on any atom is 0.415 e. The third-order valence-corrected chi connectivity index (χ3v) is 3.73. The number of ether oxygens (including phenoxy) is 1. The Kier molecular flexibility index (Phi) is 3.85. The van der Waals surface area contributed by atoms with E-state index in [1.54, 1.807) is 0 Å². The van der Waals surface area contributed by atoms with Crippen LogP contribution in [-0.2, 0) is 23.7 Å². The van der Waals surface area contributed by atoms with Crippen LogP contribution in [0.25, 0.3) is 0 Å². The Balaban J connectivity index is 1.93. The van der Waals surface area contributed by atoms with Gasteiger partial charge < -0.3 is 4.74 Å². The molecule has 0 aromatic rings.